The molecule has 0 heterocycles. The molecule has 0 saturated carbocycles. The fourth-order valence-electron chi connectivity index (χ4n) is 1.05. The van der Waals surface area contributed by atoms with Crippen LogP contribution < -0.4 is 0 Å². The standard InChI is InChI=1S/C10H9BrN/c1-8-5-9(3-2-4-12)7-10(11)6-8/h3,5-7H,2H2,1H3. The Labute approximate surface area is 81.2 Å². The first-order valence-corrected chi connectivity index (χ1v) is 4.49. The van der Waals surface area contributed by atoms with Crippen molar-refractivity contribution < 1.29 is 0 Å². The SMILES string of the molecule is Cc1cc(Br)cc([CH]CC#N)c1. The molecule has 1 nitrogen and oxygen atoms in total. The zero-order chi connectivity index (χ0) is 8.97. The van der Waals surface area contributed by atoms with E-state index in [-0.39, 0.29) is 0 Å². The van der Waals surface area contributed by atoms with Crippen LogP contribution in [-0.2, 0) is 0 Å². The Morgan fingerprint density at radius 1 is 1.50 bits per heavy atom. The molecule has 0 N–H and O–H groups in total. The molecule has 0 atom stereocenters. The number of hydrogen-bond donors (Lipinski definition) is 0. The zero-order valence-electron chi connectivity index (χ0n) is 6.84. The van der Waals surface area contributed by atoms with Gasteiger partial charge in [0, 0.05) is 17.3 Å². The summed E-state index contributed by atoms with van der Waals surface area (Å²) in [5.74, 6) is 0. The highest BCUT2D eigenvalue weighted by atomic mass is 79.9. The monoisotopic (exact) mass is 222 g/mol. The third-order valence-electron chi connectivity index (χ3n) is 1.49. The van der Waals surface area contributed by atoms with Gasteiger partial charge in [-0.2, -0.15) is 5.26 Å². The molecular weight excluding hydrogens is 214 g/mol. The van der Waals surface area contributed by atoms with Gasteiger partial charge in [-0.3, -0.25) is 0 Å². The fraction of sp³-hybridized carbons (Fsp3) is 0.200. The molecule has 0 fully saturated rings. The van der Waals surface area contributed by atoms with Crippen molar-refractivity contribution in [1.29, 1.82) is 5.26 Å². The average molecular weight is 223 g/mol. The van der Waals surface area contributed by atoms with E-state index >= 15 is 0 Å². The lowest BCUT2D eigenvalue weighted by molar-refractivity contribution is 1.23. The van der Waals surface area contributed by atoms with Crippen LogP contribution in [0.2, 0.25) is 0 Å². The van der Waals surface area contributed by atoms with Crippen molar-refractivity contribution in [2.75, 3.05) is 0 Å². The number of aryl methyl sites for hydroxylation is 1. The number of nitriles is 1. The van der Waals surface area contributed by atoms with E-state index in [0.717, 1.165) is 10.0 Å². The highest BCUT2D eigenvalue weighted by Crippen LogP contribution is 2.17. The minimum atomic E-state index is 0.468. The lowest BCUT2D eigenvalue weighted by Gasteiger charge is -2.00. The summed E-state index contributed by atoms with van der Waals surface area (Å²) >= 11 is 3.40. The molecule has 12 heavy (non-hydrogen) atoms. The highest BCUT2D eigenvalue weighted by Gasteiger charge is 1.96. The third-order valence-corrected chi connectivity index (χ3v) is 1.95. The maximum Gasteiger partial charge on any atom is 0.0628 e. The van der Waals surface area contributed by atoms with Crippen LogP contribution >= 0.6 is 15.9 Å². The van der Waals surface area contributed by atoms with E-state index in [1.807, 2.05) is 25.5 Å². The van der Waals surface area contributed by atoms with Gasteiger partial charge in [-0.15, -0.1) is 0 Å². The predicted molar refractivity (Wildman–Crippen MR) is 52.5 cm³/mol. The van der Waals surface area contributed by atoms with Crippen LogP contribution in [0.5, 0.6) is 0 Å². The molecule has 1 rings (SSSR count). The third kappa shape index (κ3) is 2.67. The van der Waals surface area contributed by atoms with Crippen LogP contribution in [0.15, 0.2) is 22.7 Å². The van der Waals surface area contributed by atoms with Crippen molar-refractivity contribution in [2.45, 2.75) is 13.3 Å². The first-order chi connectivity index (χ1) is 5.72. The van der Waals surface area contributed by atoms with E-state index in [2.05, 4.69) is 28.1 Å². The zero-order valence-corrected chi connectivity index (χ0v) is 8.43. The van der Waals surface area contributed by atoms with Gasteiger partial charge in [0.15, 0.2) is 0 Å². The molecule has 0 aliphatic heterocycles. The van der Waals surface area contributed by atoms with Crippen LogP contribution in [0, 0.1) is 24.7 Å². The molecule has 0 bridgehead atoms. The molecular formula is C10H9BrN. The summed E-state index contributed by atoms with van der Waals surface area (Å²) in [6, 6.07) is 8.19. The second-order valence-corrected chi connectivity index (χ2v) is 3.54. The van der Waals surface area contributed by atoms with Crippen molar-refractivity contribution in [3.05, 3.63) is 40.2 Å². The quantitative estimate of drug-likeness (QED) is 0.755. The number of hydrogen-bond acceptors (Lipinski definition) is 1. The molecule has 0 spiro atoms. The van der Waals surface area contributed by atoms with Gasteiger partial charge in [-0.05, 0) is 30.2 Å². The van der Waals surface area contributed by atoms with Gasteiger partial charge in [-0.1, -0.05) is 22.0 Å². The first-order valence-electron chi connectivity index (χ1n) is 3.70. The largest absolute Gasteiger partial charge is 0.198 e. The van der Waals surface area contributed by atoms with E-state index in [1.54, 1.807) is 0 Å². The van der Waals surface area contributed by atoms with Gasteiger partial charge in [0.25, 0.3) is 0 Å². The molecule has 0 aliphatic rings. The number of halogens is 1. The minimum absolute atomic E-state index is 0.468. The van der Waals surface area contributed by atoms with Crippen LogP contribution in [0.1, 0.15) is 17.5 Å². The molecule has 1 aromatic rings. The van der Waals surface area contributed by atoms with E-state index in [1.165, 1.54) is 5.56 Å². The normalized spacial score (nSPS) is 9.42. The molecule has 1 aromatic carbocycles. The number of nitrogens with zero attached hydrogens (tertiary/aromatic N) is 1. The molecule has 1 radical (unpaired) electrons. The summed E-state index contributed by atoms with van der Waals surface area (Å²) in [6.45, 7) is 2.04. The topological polar surface area (TPSA) is 23.8 Å². The number of rotatable bonds is 2. The average Bonchev–Trinajstić information content (AvgIpc) is 1.99. The summed E-state index contributed by atoms with van der Waals surface area (Å²) in [5, 5.41) is 8.37. The maximum absolute atomic E-state index is 8.37. The minimum Gasteiger partial charge on any atom is -0.198 e. The van der Waals surface area contributed by atoms with Gasteiger partial charge in [-0.25, -0.2) is 0 Å². The van der Waals surface area contributed by atoms with Crippen LogP contribution in [0.3, 0.4) is 0 Å². The summed E-state index contributed by atoms with van der Waals surface area (Å²) in [7, 11) is 0. The second-order valence-electron chi connectivity index (χ2n) is 2.63. The Morgan fingerprint density at radius 3 is 2.83 bits per heavy atom. The lowest BCUT2D eigenvalue weighted by Crippen LogP contribution is -1.82. The molecule has 0 aromatic heterocycles. The number of benzene rings is 1. The van der Waals surface area contributed by atoms with Gasteiger partial charge < -0.3 is 0 Å². The summed E-state index contributed by atoms with van der Waals surface area (Å²) in [4.78, 5) is 0. The molecule has 0 unspecified atom stereocenters. The predicted octanol–water partition coefficient (Wildman–Crippen LogP) is 3.22. The molecule has 0 saturated heterocycles. The summed E-state index contributed by atoms with van der Waals surface area (Å²) < 4.78 is 1.06. The van der Waals surface area contributed by atoms with Crippen molar-refractivity contribution in [3.8, 4) is 6.07 Å². The second kappa shape index (κ2) is 4.27. The highest BCUT2D eigenvalue weighted by molar-refractivity contribution is 9.10. The van der Waals surface area contributed by atoms with Crippen LogP contribution in [0.4, 0.5) is 0 Å². The van der Waals surface area contributed by atoms with E-state index in [9.17, 15) is 0 Å². The molecule has 0 amide bonds. The molecule has 0 aliphatic carbocycles. The molecule has 61 valence electrons. The van der Waals surface area contributed by atoms with Crippen molar-refractivity contribution >= 4 is 15.9 Å². The Balaban J connectivity index is 2.80. The van der Waals surface area contributed by atoms with Gasteiger partial charge in [0.2, 0.25) is 0 Å². The Kier molecular flexibility index (Phi) is 3.31. The Hall–Kier alpha value is -0.810. The summed E-state index contributed by atoms with van der Waals surface area (Å²) in [6.07, 6.45) is 2.38. The van der Waals surface area contributed by atoms with E-state index in [4.69, 9.17) is 5.26 Å². The van der Waals surface area contributed by atoms with Gasteiger partial charge in [0.05, 0.1) is 6.07 Å². The van der Waals surface area contributed by atoms with Crippen molar-refractivity contribution in [2.24, 2.45) is 0 Å². The lowest BCUT2D eigenvalue weighted by atomic mass is 10.1. The van der Waals surface area contributed by atoms with Crippen molar-refractivity contribution in [3.63, 3.8) is 0 Å². The maximum atomic E-state index is 8.37. The van der Waals surface area contributed by atoms with E-state index < -0.39 is 0 Å². The van der Waals surface area contributed by atoms with Crippen LogP contribution in [0.25, 0.3) is 0 Å². The smallest absolute Gasteiger partial charge is 0.0628 e. The molecule has 2 heteroatoms. The van der Waals surface area contributed by atoms with Gasteiger partial charge >= 0.3 is 0 Å². The van der Waals surface area contributed by atoms with E-state index in [0.29, 0.717) is 6.42 Å². The van der Waals surface area contributed by atoms with Gasteiger partial charge in [0.1, 0.15) is 0 Å². The first kappa shape index (κ1) is 9.28. The Bertz CT molecular complexity index is 292. The fourth-order valence-corrected chi connectivity index (χ4v) is 1.67. The van der Waals surface area contributed by atoms with Crippen molar-refractivity contribution in [1.82, 2.24) is 0 Å². The van der Waals surface area contributed by atoms with Crippen LogP contribution in [-0.4, -0.2) is 0 Å². The Morgan fingerprint density at radius 2 is 2.25 bits per heavy atom. The summed E-state index contributed by atoms with van der Waals surface area (Å²) in [5.41, 5.74) is 2.30.